The molecule has 4 nitrogen and oxygen atoms in total. The van der Waals surface area contributed by atoms with Crippen molar-refractivity contribution in [2.75, 3.05) is 7.11 Å². The van der Waals surface area contributed by atoms with Crippen LogP contribution in [0.25, 0.3) is 0 Å². The first-order valence-corrected chi connectivity index (χ1v) is 4.14. The molecule has 7 heteroatoms. The van der Waals surface area contributed by atoms with Gasteiger partial charge in [-0.2, -0.15) is 0 Å². The second-order valence-corrected chi connectivity index (χ2v) is 2.93. The molecule has 0 atom stereocenters. The molecular weight excluding hydrogens is 232 g/mol. The van der Waals surface area contributed by atoms with Crippen LogP contribution in [0, 0.1) is 0 Å². The number of hydrogen-bond acceptors (Lipinski definition) is 3. The highest BCUT2D eigenvalue weighted by molar-refractivity contribution is 6.30. The molecule has 0 radical (unpaired) electrons. The molecule has 1 aromatic heterocycles. The van der Waals surface area contributed by atoms with Gasteiger partial charge in [0.25, 0.3) is 6.43 Å². The van der Waals surface area contributed by atoms with Crippen LogP contribution in [0.4, 0.5) is 8.78 Å². The number of aromatic nitrogens is 1. The normalized spacial score (nSPS) is 10.5. The van der Waals surface area contributed by atoms with Gasteiger partial charge < -0.3 is 9.72 Å². The van der Waals surface area contributed by atoms with Crippen molar-refractivity contribution in [2.24, 2.45) is 0 Å². The maximum Gasteiger partial charge on any atom is 0.343 e. The summed E-state index contributed by atoms with van der Waals surface area (Å²) in [7, 11) is 1.04. The number of rotatable bonds is 2. The van der Waals surface area contributed by atoms with Crippen molar-refractivity contribution in [2.45, 2.75) is 6.43 Å². The fourth-order valence-corrected chi connectivity index (χ4v) is 1.20. The van der Waals surface area contributed by atoms with E-state index in [2.05, 4.69) is 9.72 Å². The van der Waals surface area contributed by atoms with Crippen LogP contribution in [0.5, 0.6) is 0 Å². The summed E-state index contributed by atoms with van der Waals surface area (Å²) in [6.45, 7) is 0. The maximum atomic E-state index is 12.4. The van der Waals surface area contributed by atoms with Gasteiger partial charge in [0.05, 0.1) is 7.11 Å². The average Bonchev–Trinajstić information content (AvgIpc) is 2.16. The highest BCUT2D eigenvalue weighted by atomic mass is 35.5. The predicted molar refractivity (Wildman–Crippen MR) is 48.4 cm³/mol. The van der Waals surface area contributed by atoms with E-state index in [9.17, 15) is 18.4 Å². The number of aromatic amines is 1. The standard InChI is InChI=1S/C8H6ClF2NO3/c1-15-8(14)3-2-12-6(9)4(5(3)13)7(10)11/h2,7H,1H3,(H,12,13). The first kappa shape index (κ1) is 11.6. The lowest BCUT2D eigenvalue weighted by Gasteiger charge is -2.04. The van der Waals surface area contributed by atoms with E-state index in [4.69, 9.17) is 11.6 Å². The van der Waals surface area contributed by atoms with Gasteiger partial charge in [-0.1, -0.05) is 11.6 Å². The summed E-state index contributed by atoms with van der Waals surface area (Å²) in [5.74, 6) is -0.991. The van der Waals surface area contributed by atoms with Crippen molar-refractivity contribution < 1.29 is 18.3 Å². The Morgan fingerprint density at radius 2 is 2.20 bits per heavy atom. The number of halogens is 3. The number of carbonyl (C=O) groups excluding carboxylic acids is 1. The second kappa shape index (κ2) is 4.39. The van der Waals surface area contributed by atoms with E-state index in [1.807, 2.05) is 0 Å². The minimum atomic E-state index is -3.05. The number of H-pyrrole nitrogens is 1. The molecule has 0 amide bonds. The summed E-state index contributed by atoms with van der Waals surface area (Å²) in [6.07, 6.45) is -2.12. The van der Waals surface area contributed by atoms with E-state index < -0.39 is 34.1 Å². The minimum absolute atomic E-state index is 0.484. The van der Waals surface area contributed by atoms with Gasteiger partial charge in [0.2, 0.25) is 5.43 Å². The molecule has 0 spiro atoms. The van der Waals surface area contributed by atoms with Crippen LogP contribution in [-0.4, -0.2) is 18.1 Å². The Labute approximate surface area is 87.8 Å². The molecule has 0 bridgehead atoms. The van der Waals surface area contributed by atoms with E-state index in [1.54, 1.807) is 0 Å². The van der Waals surface area contributed by atoms with Crippen LogP contribution in [0.15, 0.2) is 11.0 Å². The molecule has 1 rings (SSSR count). The third-order valence-electron chi connectivity index (χ3n) is 1.69. The number of esters is 1. The highest BCUT2D eigenvalue weighted by Gasteiger charge is 2.22. The number of carbonyl (C=O) groups is 1. The molecule has 82 valence electrons. The summed E-state index contributed by atoms with van der Waals surface area (Å²) in [5.41, 5.74) is -2.56. The number of alkyl halides is 2. The molecule has 0 saturated carbocycles. The van der Waals surface area contributed by atoms with Crippen molar-refractivity contribution in [3.63, 3.8) is 0 Å². The van der Waals surface area contributed by atoms with Gasteiger partial charge in [0, 0.05) is 6.20 Å². The van der Waals surface area contributed by atoms with Gasteiger partial charge >= 0.3 is 5.97 Å². The molecule has 0 fully saturated rings. The minimum Gasteiger partial charge on any atom is -0.465 e. The Morgan fingerprint density at radius 1 is 1.60 bits per heavy atom. The third-order valence-corrected chi connectivity index (χ3v) is 2.01. The van der Waals surface area contributed by atoms with Crippen molar-refractivity contribution >= 4 is 17.6 Å². The lowest BCUT2D eigenvalue weighted by Crippen LogP contribution is -2.21. The van der Waals surface area contributed by atoms with Crippen LogP contribution in [0.2, 0.25) is 5.15 Å². The largest absolute Gasteiger partial charge is 0.465 e. The fourth-order valence-electron chi connectivity index (χ4n) is 0.980. The molecule has 0 aromatic carbocycles. The molecule has 1 N–H and O–H groups in total. The molecule has 0 aliphatic carbocycles. The smallest absolute Gasteiger partial charge is 0.343 e. The first-order chi connectivity index (χ1) is 6.99. The molecule has 0 saturated heterocycles. The lowest BCUT2D eigenvalue weighted by molar-refractivity contribution is 0.0598. The Balaban J connectivity index is 3.42. The van der Waals surface area contributed by atoms with Gasteiger partial charge in [0.15, 0.2) is 0 Å². The van der Waals surface area contributed by atoms with E-state index in [0.29, 0.717) is 0 Å². The van der Waals surface area contributed by atoms with Crippen LogP contribution >= 0.6 is 11.6 Å². The fraction of sp³-hybridized carbons (Fsp3) is 0.250. The van der Waals surface area contributed by atoms with Gasteiger partial charge in [0.1, 0.15) is 16.3 Å². The molecule has 0 aliphatic rings. The number of ether oxygens (including phenoxy) is 1. The van der Waals surface area contributed by atoms with Gasteiger partial charge in [-0.15, -0.1) is 0 Å². The SMILES string of the molecule is COC(=O)c1c[nH]c(Cl)c(C(F)F)c1=O. The summed E-state index contributed by atoms with van der Waals surface area (Å²) in [5, 5.41) is -0.484. The monoisotopic (exact) mass is 237 g/mol. The Bertz CT molecular complexity index is 444. The number of methoxy groups -OCH3 is 1. The van der Waals surface area contributed by atoms with Crippen molar-refractivity contribution in [1.82, 2.24) is 4.98 Å². The van der Waals surface area contributed by atoms with E-state index in [1.165, 1.54) is 0 Å². The van der Waals surface area contributed by atoms with Gasteiger partial charge in [-0.05, 0) is 0 Å². The zero-order valence-corrected chi connectivity index (χ0v) is 8.27. The zero-order chi connectivity index (χ0) is 11.6. The predicted octanol–water partition coefficient (Wildman–Crippen LogP) is 1.75. The Hall–Kier alpha value is -1.43. The van der Waals surface area contributed by atoms with Crippen LogP contribution in [0.1, 0.15) is 22.3 Å². The second-order valence-electron chi connectivity index (χ2n) is 2.55. The van der Waals surface area contributed by atoms with Crippen LogP contribution in [0.3, 0.4) is 0 Å². The summed E-state index contributed by atoms with van der Waals surface area (Å²) in [4.78, 5) is 24.5. The molecule has 1 aromatic rings. The van der Waals surface area contributed by atoms with Crippen molar-refractivity contribution in [3.05, 3.63) is 32.7 Å². The van der Waals surface area contributed by atoms with E-state index in [-0.39, 0.29) is 0 Å². The molecular formula is C8H6ClF2NO3. The molecule has 1 heterocycles. The average molecular weight is 238 g/mol. The Morgan fingerprint density at radius 3 is 2.67 bits per heavy atom. The van der Waals surface area contributed by atoms with E-state index >= 15 is 0 Å². The molecule has 0 unspecified atom stereocenters. The Kier molecular flexibility index (Phi) is 3.41. The van der Waals surface area contributed by atoms with Crippen molar-refractivity contribution in [3.8, 4) is 0 Å². The maximum absolute atomic E-state index is 12.4. The molecule has 0 aliphatic heterocycles. The molecule has 15 heavy (non-hydrogen) atoms. The highest BCUT2D eigenvalue weighted by Crippen LogP contribution is 2.21. The van der Waals surface area contributed by atoms with Crippen LogP contribution in [-0.2, 0) is 4.74 Å². The summed E-state index contributed by atoms with van der Waals surface area (Å²) in [6, 6.07) is 0. The number of hydrogen-bond donors (Lipinski definition) is 1. The quantitative estimate of drug-likeness (QED) is 0.630. The summed E-state index contributed by atoms with van der Waals surface area (Å²) < 4.78 is 29.0. The first-order valence-electron chi connectivity index (χ1n) is 3.76. The van der Waals surface area contributed by atoms with Gasteiger partial charge in [-0.25, -0.2) is 13.6 Å². The summed E-state index contributed by atoms with van der Waals surface area (Å²) >= 11 is 5.36. The number of nitrogens with one attached hydrogen (secondary N) is 1. The van der Waals surface area contributed by atoms with Crippen molar-refractivity contribution in [1.29, 1.82) is 0 Å². The third kappa shape index (κ3) is 2.15. The van der Waals surface area contributed by atoms with E-state index in [0.717, 1.165) is 13.3 Å². The zero-order valence-electron chi connectivity index (χ0n) is 7.51. The lowest BCUT2D eigenvalue weighted by atomic mass is 10.2. The topological polar surface area (TPSA) is 59.2 Å². The number of pyridine rings is 1. The van der Waals surface area contributed by atoms with Crippen LogP contribution < -0.4 is 5.43 Å². The van der Waals surface area contributed by atoms with Gasteiger partial charge in [-0.3, -0.25) is 4.79 Å².